The zero-order valence-electron chi connectivity index (χ0n) is 32.6. The average Bonchev–Trinajstić information content (AvgIpc) is 3.46. The van der Waals surface area contributed by atoms with Crippen LogP contribution in [0.15, 0.2) is 60.2 Å². The predicted octanol–water partition coefficient (Wildman–Crippen LogP) is 15.8. The summed E-state index contributed by atoms with van der Waals surface area (Å²) in [6, 6.07) is 17.7. The van der Waals surface area contributed by atoms with Gasteiger partial charge in [0.25, 0.3) is 0 Å². The molecule has 2 aromatic carbocycles. The van der Waals surface area contributed by atoms with Crippen molar-refractivity contribution in [3.05, 3.63) is 88.0 Å². The Morgan fingerprint density at radius 2 is 0.918 bits per heavy atom. The zero-order chi connectivity index (χ0) is 35.4. The van der Waals surface area contributed by atoms with Gasteiger partial charge in [0.1, 0.15) is 0 Å². The molecule has 1 aliphatic rings. The monoisotopic (exact) mass is 713 g/mol. The van der Waals surface area contributed by atoms with E-state index in [0.717, 1.165) is 41.8 Å². The Morgan fingerprint density at radius 1 is 0.490 bits per heavy atom. The molecule has 0 amide bonds. The van der Waals surface area contributed by atoms with Gasteiger partial charge in [0, 0.05) is 22.8 Å². The van der Waals surface area contributed by atoms with Gasteiger partial charge in [-0.15, -0.1) is 0 Å². The molecule has 0 unspecified atom stereocenters. The Kier molecular flexibility index (Phi) is 25.3. The zero-order valence-corrected chi connectivity index (χ0v) is 33.6. The summed E-state index contributed by atoms with van der Waals surface area (Å²) in [4.78, 5) is 0. The maximum atomic E-state index is 11.6. The van der Waals surface area contributed by atoms with Gasteiger partial charge in [-0.05, 0) is 73.9 Å². The number of aryl methyl sites for hydroxylation is 2. The van der Waals surface area contributed by atoms with E-state index in [-0.39, 0.29) is 0 Å². The molecular formula is C46H74N2Ni. The van der Waals surface area contributed by atoms with Crippen LogP contribution in [0.1, 0.15) is 192 Å². The summed E-state index contributed by atoms with van der Waals surface area (Å²) in [6.07, 6.45) is 32.5. The summed E-state index contributed by atoms with van der Waals surface area (Å²) < 4.78 is 1.49. The van der Waals surface area contributed by atoms with Crippen molar-refractivity contribution in [2.45, 2.75) is 193 Å². The Bertz CT molecular complexity index is 1210. The van der Waals surface area contributed by atoms with Gasteiger partial charge in [-0.1, -0.05) is 154 Å². The van der Waals surface area contributed by atoms with Crippen LogP contribution in [0.25, 0.3) is 16.9 Å². The molecule has 0 bridgehead atoms. The molecule has 0 atom stereocenters. The van der Waals surface area contributed by atoms with Gasteiger partial charge in [-0.2, -0.15) is 0 Å². The second-order valence-corrected chi connectivity index (χ2v) is 15.9. The van der Waals surface area contributed by atoms with Crippen molar-refractivity contribution in [3.8, 4) is 0 Å². The molecule has 0 radical (unpaired) electrons. The van der Waals surface area contributed by atoms with E-state index in [1.54, 1.807) is 0 Å². The van der Waals surface area contributed by atoms with Gasteiger partial charge in [0.15, 0.2) is 0 Å². The molecule has 2 nitrogen and oxygen atoms in total. The molecule has 0 fully saturated rings. The van der Waals surface area contributed by atoms with Crippen molar-refractivity contribution in [2.24, 2.45) is 0 Å². The van der Waals surface area contributed by atoms with Gasteiger partial charge in [-0.25, -0.2) is 4.70 Å². The second kappa shape index (κ2) is 28.7. The van der Waals surface area contributed by atoms with Crippen molar-refractivity contribution in [1.29, 1.82) is 0 Å². The van der Waals surface area contributed by atoms with Gasteiger partial charge in [0.05, 0.1) is 0 Å². The van der Waals surface area contributed by atoms with Crippen molar-refractivity contribution in [3.63, 3.8) is 0 Å². The minimum absolute atomic E-state index is 0.920. The SMILES string of the molecule is CCCCCCCCCCCCCCCCCCC1=C(c2cccc(CCCC)c2)[N+](=[N-])C(c2cccc(CCCC)c2)=C1.C[CH2][Ni][CH2]C. The fourth-order valence-electron chi connectivity index (χ4n) is 6.80. The van der Waals surface area contributed by atoms with Gasteiger partial charge in [0.2, 0.25) is 11.4 Å². The first-order chi connectivity index (χ1) is 24.1. The van der Waals surface area contributed by atoms with E-state index < -0.39 is 0 Å². The maximum absolute atomic E-state index is 11.6. The molecule has 2 aromatic rings. The van der Waals surface area contributed by atoms with Gasteiger partial charge >= 0.3 is 39.1 Å². The normalized spacial score (nSPS) is 12.8. The first kappa shape index (κ1) is 43.2. The van der Waals surface area contributed by atoms with Crippen LogP contribution in [0.5, 0.6) is 0 Å². The van der Waals surface area contributed by atoms with E-state index in [9.17, 15) is 5.53 Å². The number of benzene rings is 2. The Labute approximate surface area is 310 Å². The molecule has 278 valence electrons. The molecule has 1 heterocycles. The van der Waals surface area contributed by atoms with Crippen LogP contribution >= 0.6 is 0 Å². The molecule has 1 aliphatic heterocycles. The van der Waals surface area contributed by atoms with E-state index in [4.69, 9.17) is 0 Å². The summed E-state index contributed by atoms with van der Waals surface area (Å²) in [7, 11) is 0. The third-order valence-corrected chi connectivity index (χ3v) is 10.7. The summed E-state index contributed by atoms with van der Waals surface area (Å²) >= 11 is 1.82. The Morgan fingerprint density at radius 3 is 1.37 bits per heavy atom. The predicted molar refractivity (Wildman–Crippen MR) is 214 cm³/mol. The van der Waals surface area contributed by atoms with Gasteiger partial charge in [-0.3, -0.25) is 0 Å². The first-order valence-electron chi connectivity index (χ1n) is 20.7. The van der Waals surface area contributed by atoms with Crippen molar-refractivity contribution in [1.82, 2.24) is 0 Å². The van der Waals surface area contributed by atoms with Crippen molar-refractivity contribution >= 4 is 11.4 Å². The summed E-state index contributed by atoms with van der Waals surface area (Å²) in [5.41, 5.74) is 19.8. The second-order valence-electron chi connectivity index (χ2n) is 14.0. The number of hydrogen-bond acceptors (Lipinski definition) is 0. The van der Waals surface area contributed by atoms with E-state index in [0.29, 0.717) is 0 Å². The van der Waals surface area contributed by atoms with E-state index in [2.05, 4.69) is 89.2 Å². The molecule has 49 heavy (non-hydrogen) atoms. The summed E-state index contributed by atoms with van der Waals surface area (Å²) in [6.45, 7) is 11.2. The first-order valence-corrected chi connectivity index (χ1v) is 22.1. The molecule has 0 aromatic heterocycles. The van der Waals surface area contributed by atoms with Crippen molar-refractivity contribution < 1.29 is 19.1 Å². The molecular weight excluding hydrogens is 639 g/mol. The van der Waals surface area contributed by atoms with Crippen molar-refractivity contribution in [2.75, 3.05) is 0 Å². The quantitative estimate of drug-likeness (QED) is 0.0500. The van der Waals surface area contributed by atoms with E-state index in [1.165, 1.54) is 161 Å². The Hall–Kier alpha value is -1.99. The van der Waals surface area contributed by atoms with Crippen LogP contribution < -0.4 is 0 Å². The third-order valence-electron chi connectivity index (χ3n) is 9.73. The minimum atomic E-state index is 0.920. The molecule has 3 rings (SSSR count). The van der Waals surface area contributed by atoms with Crippen LogP contribution in [0.3, 0.4) is 0 Å². The molecule has 0 saturated carbocycles. The standard InChI is InChI=1S/C42H64N2.2C2H5.Ni/c1-4-7-10-11-12-13-14-15-16-17-18-19-20-21-22-23-30-40-35-41(38-31-24-28-36(33-38)26-8-5-2)44(43)42(40)39-32-25-29-37(34-39)27-9-6-3;2*1-2;/h24-25,28-29,31-35H,4-23,26-27,30H2,1-3H3;2*1H2,2H3;. The van der Waals surface area contributed by atoms with E-state index in [1.807, 2.05) is 14.4 Å². The number of hydrogen-bond donors (Lipinski definition) is 0. The topological polar surface area (TPSA) is 25.3 Å². The fraction of sp³-hybridized carbons (Fsp3) is 0.652. The molecule has 0 N–H and O–H groups in total. The molecule has 0 spiro atoms. The van der Waals surface area contributed by atoms with Crippen LogP contribution in [0.2, 0.25) is 10.8 Å². The fourth-order valence-corrected chi connectivity index (χ4v) is 7.29. The molecule has 0 aliphatic carbocycles. The van der Waals surface area contributed by atoms with Crippen LogP contribution in [0, 0.1) is 0 Å². The number of unbranched alkanes of at least 4 members (excludes halogenated alkanes) is 17. The average molecular weight is 714 g/mol. The summed E-state index contributed by atoms with van der Waals surface area (Å²) in [5, 5.41) is 2.56. The van der Waals surface area contributed by atoms with Crippen LogP contribution in [-0.2, 0) is 27.3 Å². The number of allylic oxidation sites excluding steroid dienone is 2. The third kappa shape index (κ3) is 18.2. The van der Waals surface area contributed by atoms with Crippen LogP contribution in [0.4, 0.5) is 0 Å². The van der Waals surface area contributed by atoms with Crippen LogP contribution in [-0.4, -0.2) is 4.70 Å². The van der Waals surface area contributed by atoms with Gasteiger partial charge < -0.3 is 5.53 Å². The molecule has 3 heteroatoms. The number of nitrogens with zero attached hydrogens (tertiary/aromatic N) is 2. The molecule has 0 saturated heterocycles. The summed E-state index contributed by atoms with van der Waals surface area (Å²) in [5.74, 6) is 0. The Balaban J connectivity index is 0.00000155. The number of rotatable bonds is 27. The van der Waals surface area contributed by atoms with E-state index >= 15 is 0 Å².